The van der Waals surface area contributed by atoms with E-state index in [0.717, 1.165) is 22.6 Å². The summed E-state index contributed by atoms with van der Waals surface area (Å²) < 4.78 is 1.97. The highest BCUT2D eigenvalue weighted by molar-refractivity contribution is 5.84. The Balaban J connectivity index is 2.63. The van der Waals surface area contributed by atoms with Gasteiger partial charge >= 0.3 is 0 Å². The molecule has 0 fully saturated rings. The smallest absolute Gasteiger partial charge is 0.182 e. The first-order valence-corrected chi connectivity index (χ1v) is 4.40. The fraction of sp³-hybridized carbons (Fsp3) is 0.222. The van der Waals surface area contributed by atoms with Crippen LogP contribution in [0.2, 0.25) is 0 Å². The predicted molar refractivity (Wildman–Crippen MR) is 52.1 cm³/mol. The molecule has 0 unspecified atom stereocenters. The molecule has 1 N–H and O–H groups in total. The van der Waals surface area contributed by atoms with Crippen LogP contribution in [0.25, 0.3) is 16.8 Å². The molecule has 0 spiro atoms. The molecular weight excluding hydrogens is 178 g/mol. The van der Waals surface area contributed by atoms with E-state index in [1.54, 1.807) is 12.7 Å². The van der Waals surface area contributed by atoms with E-state index in [9.17, 15) is 0 Å². The Bertz CT molecular complexity index is 618. The minimum absolute atomic E-state index is 0.711. The van der Waals surface area contributed by atoms with Crippen molar-refractivity contribution >= 4 is 16.8 Å². The van der Waals surface area contributed by atoms with Crippen LogP contribution in [0, 0.1) is 13.8 Å². The maximum absolute atomic E-state index is 4.46. The van der Waals surface area contributed by atoms with Crippen LogP contribution in [0.3, 0.4) is 0 Å². The zero-order valence-corrected chi connectivity index (χ0v) is 7.94. The molecule has 3 aromatic rings. The van der Waals surface area contributed by atoms with Crippen LogP contribution in [0.4, 0.5) is 0 Å². The normalized spacial score (nSPS) is 11.6. The van der Waals surface area contributed by atoms with Gasteiger partial charge in [-0.15, -0.1) is 0 Å². The van der Waals surface area contributed by atoms with Crippen molar-refractivity contribution in [2.24, 2.45) is 0 Å². The molecule has 5 nitrogen and oxygen atoms in total. The Hall–Kier alpha value is -1.91. The Morgan fingerprint density at radius 3 is 3.00 bits per heavy atom. The maximum atomic E-state index is 4.46. The second-order valence-corrected chi connectivity index (χ2v) is 3.32. The monoisotopic (exact) mass is 187 g/mol. The van der Waals surface area contributed by atoms with Crippen LogP contribution in [-0.4, -0.2) is 24.3 Å². The van der Waals surface area contributed by atoms with Crippen molar-refractivity contribution in [3.8, 4) is 0 Å². The minimum Gasteiger partial charge on any atom is -0.340 e. The molecule has 3 heterocycles. The van der Waals surface area contributed by atoms with Gasteiger partial charge < -0.3 is 4.98 Å². The molecule has 0 saturated heterocycles. The summed E-state index contributed by atoms with van der Waals surface area (Å²) in [4.78, 5) is 15.8. The van der Waals surface area contributed by atoms with E-state index in [1.807, 2.05) is 18.2 Å². The summed E-state index contributed by atoms with van der Waals surface area (Å²) in [5.74, 6) is 0. The zero-order valence-electron chi connectivity index (χ0n) is 7.94. The van der Waals surface area contributed by atoms with Gasteiger partial charge in [-0.3, -0.25) is 4.40 Å². The second-order valence-electron chi connectivity index (χ2n) is 3.32. The number of aromatic nitrogens is 5. The highest BCUT2D eigenvalue weighted by Crippen LogP contribution is 2.16. The van der Waals surface area contributed by atoms with Crippen LogP contribution in [-0.2, 0) is 0 Å². The average Bonchev–Trinajstić information content (AvgIpc) is 2.73. The highest BCUT2D eigenvalue weighted by atomic mass is 15.1. The molecule has 3 rings (SSSR count). The Kier molecular flexibility index (Phi) is 1.24. The lowest BCUT2D eigenvalue weighted by atomic mass is 10.4. The topological polar surface area (TPSA) is 58.9 Å². The van der Waals surface area contributed by atoms with Gasteiger partial charge in [0.25, 0.3) is 0 Å². The van der Waals surface area contributed by atoms with Crippen molar-refractivity contribution in [3.63, 3.8) is 0 Å². The summed E-state index contributed by atoms with van der Waals surface area (Å²) in [6.07, 6.45) is 3.39. The van der Waals surface area contributed by atoms with Gasteiger partial charge in [0.15, 0.2) is 11.3 Å². The summed E-state index contributed by atoms with van der Waals surface area (Å²) >= 11 is 0. The molecule has 0 aromatic carbocycles. The third-order valence-corrected chi connectivity index (χ3v) is 2.53. The van der Waals surface area contributed by atoms with Gasteiger partial charge in [-0.2, -0.15) is 0 Å². The van der Waals surface area contributed by atoms with Crippen molar-refractivity contribution in [1.29, 1.82) is 0 Å². The molecular formula is C9H9N5. The molecule has 0 radical (unpaired) electrons. The van der Waals surface area contributed by atoms with Gasteiger partial charge in [-0.25, -0.2) is 15.0 Å². The minimum atomic E-state index is 0.711. The molecule has 0 aliphatic heterocycles. The second kappa shape index (κ2) is 2.31. The summed E-state index contributed by atoms with van der Waals surface area (Å²) in [6.45, 7) is 4.02. The van der Waals surface area contributed by atoms with Gasteiger partial charge in [-0.05, 0) is 13.8 Å². The molecule has 0 aliphatic rings. The fourth-order valence-corrected chi connectivity index (χ4v) is 1.61. The SMILES string of the molecule is Cc1nc2c3[nH]cnc3ncn2c1C. The van der Waals surface area contributed by atoms with Gasteiger partial charge in [-0.1, -0.05) is 0 Å². The van der Waals surface area contributed by atoms with E-state index in [4.69, 9.17) is 0 Å². The molecule has 3 aromatic heterocycles. The number of fused-ring (bicyclic) bond motifs is 3. The third kappa shape index (κ3) is 0.761. The van der Waals surface area contributed by atoms with E-state index in [0.29, 0.717) is 5.65 Å². The van der Waals surface area contributed by atoms with Gasteiger partial charge in [0.2, 0.25) is 0 Å². The molecule has 14 heavy (non-hydrogen) atoms. The zero-order chi connectivity index (χ0) is 9.71. The largest absolute Gasteiger partial charge is 0.340 e. The lowest BCUT2D eigenvalue weighted by Crippen LogP contribution is -1.90. The van der Waals surface area contributed by atoms with E-state index >= 15 is 0 Å². The van der Waals surface area contributed by atoms with Gasteiger partial charge in [0, 0.05) is 5.69 Å². The van der Waals surface area contributed by atoms with Crippen molar-refractivity contribution in [1.82, 2.24) is 24.3 Å². The summed E-state index contributed by atoms with van der Waals surface area (Å²) in [5.41, 5.74) is 4.63. The molecule has 0 bridgehead atoms. The van der Waals surface area contributed by atoms with Gasteiger partial charge in [0.1, 0.15) is 11.8 Å². The Morgan fingerprint density at radius 1 is 1.29 bits per heavy atom. The van der Waals surface area contributed by atoms with Crippen LogP contribution < -0.4 is 0 Å². The molecule has 5 heteroatoms. The number of aryl methyl sites for hydroxylation is 2. The number of hydrogen-bond acceptors (Lipinski definition) is 3. The number of imidazole rings is 2. The number of nitrogens with zero attached hydrogens (tertiary/aromatic N) is 4. The van der Waals surface area contributed by atoms with E-state index in [1.165, 1.54) is 0 Å². The van der Waals surface area contributed by atoms with Crippen LogP contribution in [0.15, 0.2) is 12.7 Å². The fourth-order valence-electron chi connectivity index (χ4n) is 1.61. The Morgan fingerprint density at radius 2 is 2.14 bits per heavy atom. The van der Waals surface area contributed by atoms with Crippen molar-refractivity contribution in [3.05, 3.63) is 24.0 Å². The van der Waals surface area contributed by atoms with Crippen molar-refractivity contribution in [2.75, 3.05) is 0 Å². The van der Waals surface area contributed by atoms with Crippen LogP contribution in [0.1, 0.15) is 11.4 Å². The molecule has 70 valence electrons. The standard InChI is InChI=1S/C9H9N5/c1-5-6(2)14-4-12-8-7(9(14)13-5)10-3-11-8/h3-4H,1-2H3,(H,10,11). The first kappa shape index (κ1) is 7.49. The molecule has 0 amide bonds. The van der Waals surface area contributed by atoms with Crippen molar-refractivity contribution in [2.45, 2.75) is 13.8 Å². The summed E-state index contributed by atoms with van der Waals surface area (Å²) in [7, 11) is 0. The van der Waals surface area contributed by atoms with Crippen molar-refractivity contribution < 1.29 is 0 Å². The Labute approximate surface area is 79.8 Å². The van der Waals surface area contributed by atoms with E-state index in [-0.39, 0.29) is 0 Å². The number of nitrogens with one attached hydrogen (secondary N) is 1. The average molecular weight is 187 g/mol. The summed E-state index contributed by atoms with van der Waals surface area (Å²) in [6, 6.07) is 0. The highest BCUT2D eigenvalue weighted by Gasteiger charge is 2.09. The number of H-pyrrole nitrogens is 1. The lowest BCUT2D eigenvalue weighted by Gasteiger charge is -1.94. The molecule has 0 aliphatic carbocycles. The maximum Gasteiger partial charge on any atom is 0.182 e. The number of rotatable bonds is 0. The van der Waals surface area contributed by atoms with Crippen LogP contribution in [0.5, 0.6) is 0 Å². The third-order valence-electron chi connectivity index (χ3n) is 2.53. The first-order chi connectivity index (χ1) is 6.77. The quantitative estimate of drug-likeness (QED) is 0.575. The van der Waals surface area contributed by atoms with E-state index in [2.05, 4.69) is 19.9 Å². The lowest BCUT2D eigenvalue weighted by molar-refractivity contribution is 1.05. The number of hydrogen-bond donors (Lipinski definition) is 1. The van der Waals surface area contributed by atoms with E-state index < -0.39 is 0 Å². The summed E-state index contributed by atoms with van der Waals surface area (Å²) in [5, 5.41) is 0. The van der Waals surface area contributed by atoms with Gasteiger partial charge in [0.05, 0.1) is 12.0 Å². The molecule has 0 atom stereocenters. The number of aromatic amines is 1. The van der Waals surface area contributed by atoms with Crippen LogP contribution >= 0.6 is 0 Å². The first-order valence-electron chi connectivity index (χ1n) is 4.40. The molecule has 0 saturated carbocycles. The predicted octanol–water partition coefficient (Wildman–Crippen LogP) is 1.22.